The van der Waals surface area contributed by atoms with E-state index in [1.807, 2.05) is 36.4 Å². The number of hydrogen-bond donors (Lipinski definition) is 3. The quantitative estimate of drug-likeness (QED) is 0.676. The second-order valence-electron chi connectivity index (χ2n) is 6.24. The summed E-state index contributed by atoms with van der Waals surface area (Å²) in [7, 11) is 1.80. The number of nitrogens with zero attached hydrogens (tertiary/aromatic N) is 3. The second kappa shape index (κ2) is 6.52. The van der Waals surface area contributed by atoms with E-state index in [1.165, 1.54) is 0 Å². The maximum Gasteiger partial charge on any atom is 0.246 e. The Morgan fingerprint density at radius 1 is 1.32 bits per heavy atom. The second-order valence-corrected chi connectivity index (χ2v) is 6.24. The molecule has 0 bridgehead atoms. The number of aromatic amines is 2. The lowest BCUT2D eigenvalue weighted by atomic mass is 10.0. The first kappa shape index (κ1) is 15.6. The Hall–Kier alpha value is -2.93. The number of aromatic nitrogens is 4. The van der Waals surface area contributed by atoms with Crippen LogP contribution < -0.4 is 5.32 Å². The van der Waals surface area contributed by atoms with Crippen LogP contribution in [-0.2, 0) is 17.8 Å². The topological polar surface area (TPSA) is 89.7 Å². The molecule has 1 atom stereocenters. The van der Waals surface area contributed by atoms with Gasteiger partial charge in [0.15, 0.2) is 0 Å². The molecule has 0 fully saturated rings. The molecule has 0 spiro atoms. The molecule has 2 aromatic heterocycles. The van der Waals surface area contributed by atoms with Crippen LogP contribution in [0.25, 0.3) is 11.3 Å². The van der Waals surface area contributed by atoms with Gasteiger partial charge in [-0.15, -0.1) is 0 Å². The molecule has 1 amide bonds. The highest BCUT2D eigenvalue weighted by Crippen LogP contribution is 2.22. The van der Waals surface area contributed by atoms with E-state index in [0.717, 1.165) is 41.3 Å². The number of carbonyl (C=O) groups excluding carboxylic acids is 1. The molecule has 25 heavy (non-hydrogen) atoms. The maximum absolute atomic E-state index is 12.8. The minimum atomic E-state index is -0.392. The van der Waals surface area contributed by atoms with E-state index in [0.29, 0.717) is 6.54 Å². The third-order valence-corrected chi connectivity index (χ3v) is 4.48. The van der Waals surface area contributed by atoms with Gasteiger partial charge in [0.05, 0.1) is 30.0 Å². The Morgan fingerprint density at radius 3 is 3.00 bits per heavy atom. The lowest BCUT2D eigenvalue weighted by Gasteiger charge is -2.26. The Labute approximate surface area is 145 Å². The van der Waals surface area contributed by atoms with Gasteiger partial charge in [0.25, 0.3) is 0 Å². The van der Waals surface area contributed by atoms with Crippen molar-refractivity contribution in [2.45, 2.75) is 19.0 Å². The number of imidazole rings is 1. The van der Waals surface area contributed by atoms with Crippen LogP contribution in [0.3, 0.4) is 0 Å². The van der Waals surface area contributed by atoms with Crippen molar-refractivity contribution in [3.05, 3.63) is 59.8 Å². The molecule has 0 saturated carbocycles. The number of carbonyl (C=O) groups is 1. The molecular weight excluding hydrogens is 316 g/mol. The smallest absolute Gasteiger partial charge is 0.246 e. The summed E-state index contributed by atoms with van der Waals surface area (Å²) < 4.78 is 0. The molecule has 0 radical (unpaired) electrons. The molecule has 0 aliphatic carbocycles. The van der Waals surface area contributed by atoms with Gasteiger partial charge < -0.3 is 15.2 Å². The summed E-state index contributed by atoms with van der Waals surface area (Å²) in [5, 5.41) is 10.6. The normalized spacial score (nSPS) is 16.4. The summed E-state index contributed by atoms with van der Waals surface area (Å²) in [6, 6.07) is 11.6. The third-order valence-electron chi connectivity index (χ3n) is 4.48. The van der Waals surface area contributed by atoms with E-state index in [-0.39, 0.29) is 5.91 Å². The van der Waals surface area contributed by atoms with Crippen LogP contribution in [0.15, 0.2) is 42.7 Å². The number of likely N-dealkylation sites (N-methyl/N-ethyl adjacent to an activating group) is 1. The van der Waals surface area contributed by atoms with Crippen molar-refractivity contribution in [1.82, 2.24) is 30.4 Å². The summed E-state index contributed by atoms with van der Waals surface area (Å²) in [6.07, 6.45) is 2.52. The molecule has 1 aliphatic heterocycles. The highest BCUT2D eigenvalue weighted by atomic mass is 16.2. The summed E-state index contributed by atoms with van der Waals surface area (Å²) in [5.74, 6) is 0.00362. The summed E-state index contributed by atoms with van der Waals surface area (Å²) in [4.78, 5) is 21.9. The zero-order valence-corrected chi connectivity index (χ0v) is 14.0. The van der Waals surface area contributed by atoms with E-state index in [4.69, 9.17) is 0 Å². The average molecular weight is 336 g/mol. The number of fused-ring (bicyclic) bond motifs is 1. The van der Waals surface area contributed by atoms with Crippen molar-refractivity contribution in [3.8, 4) is 11.3 Å². The molecule has 7 heteroatoms. The fraction of sp³-hybridized carbons (Fsp3) is 0.278. The van der Waals surface area contributed by atoms with Crippen LogP contribution in [0.2, 0.25) is 0 Å². The lowest BCUT2D eigenvalue weighted by molar-refractivity contribution is -0.133. The zero-order chi connectivity index (χ0) is 17.2. The van der Waals surface area contributed by atoms with Gasteiger partial charge in [-0.05, 0) is 6.07 Å². The number of H-pyrrole nitrogens is 2. The molecule has 1 aliphatic rings. The van der Waals surface area contributed by atoms with Crippen molar-refractivity contribution >= 4 is 5.91 Å². The van der Waals surface area contributed by atoms with Crippen LogP contribution >= 0.6 is 0 Å². The van der Waals surface area contributed by atoms with Crippen LogP contribution in [0.1, 0.15) is 23.1 Å². The van der Waals surface area contributed by atoms with Gasteiger partial charge in [-0.3, -0.25) is 9.89 Å². The van der Waals surface area contributed by atoms with E-state index < -0.39 is 6.04 Å². The molecule has 3 heterocycles. The van der Waals surface area contributed by atoms with Crippen molar-refractivity contribution in [1.29, 1.82) is 0 Å². The molecule has 128 valence electrons. The average Bonchev–Trinajstić information content (AvgIpc) is 3.30. The third kappa shape index (κ3) is 3.06. The minimum Gasteiger partial charge on any atom is -0.348 e. The summed E-state index contributed by atoms with van der Waals surface area (Å²) in [6.45, 7) is 1.23. The number of rotatable bonds is 4. The first-order chi connectivity index (χ1) is 12.2. The van der Waals surface area contributed by atoms with Gasteiger partial charge in [-0.2, -0.15) is 5.10 Å². The Balaban J connectivity index is 1.47. The molecule has 0 saturated heterocycles. The summed E-state index contributed by atoms with van der Waals surface area (Å²) in [5.41, 5.74) is 4.67. The molecule has 3 N–H and O–H groups in total. The maximum atomic E-state index is 12.8. The summed E-state index contributed by atoms with van der Waals surface area (Å²) >= 11 is 0. The molecule has 0 unspecified atom stereocenters. The SMILES string of the molecule is CN(Cc1cc(-c2ccccc2)n[nH]1)C(=O)[C@@H]1NCCc2[nH]cnc21. The van der Waals surface area contributed by atoms with E-state index in [2.05, 4.69) is 25.5 Å². The van der Waals surface area contributed by atoms with Crippen molar-refractivity contribution in [3.63, 3.8) is 0 Å². The Morgan fingerprint density at radius 2 is 2.16 bits per heavy atom. The largest absolute Gasteiger partial charge is 0.348 e. The number of hydrogen-bond acceptors (Lipinski definition) is 4. The molecule has 3 aromatic rings. The number of benzene rings is 1. The van der Waals surface area contributed by atoms with Gasteiger partial charge in [0.1, 0.15) is 6.04 Å². The van der Waals surface area contributed by atoms with Gasteiger partial charge in [-0.25, -0.2) is 4.98 Å². The highest BCUT2D eigenvalue weighted by Gasteiger charge is 2.30. The van der Waals surface area contributed by atoms with Crippen molar-refractivity contribution in [2.75, 3.05) is 13.6 Å². The first-order valence-corrected chi connectivity index (χ1v) is 8.32. The first-order valence-electron chi connectivity index (χ1n) is 8.32. The predicted octanol–water partition coefficient (Wildman–Crippen LogP) is 1.65. The Bertz CT molecular complexity index is 869. The van der Waals surface area contributed by atoms with E-state index >= 15 is 0 Å². The fourth-order valence-corrected chi connectivity index (χ4v) is 3.18. The van der Waals surface area contributed by atoms with Crippen LogP contribution in [-0.4, -0.2) is 44.6 Å². The molecular formula is C18H20N6O. The van der Waals surface area contributed by atoms with Crippen LogP contribution in [0.4, 0.5) is 0 Å². The lowest BCUT2D eigenvalue weighted by Crippen LogP contribution is -2.42. The highest BCUT2D eigenvalue weighted by molar-refractivity contribution is 5.83. The molecule has 1 aromatic carbocycles. The van der Waals surface area contributed by atoms with Crippen LogP contribution in [0.5, 0.6) is 0 Å². The van der Waals surface area contributed by atoms with Gasteiger partial charge >= 0.3 is 0 Å². The zero-order valence-electron chi connectivity index (χ0n) is 14.0. The fourth-order valence-electron chi connectivity index (χ4n) is 3.18. The van der Waals surface area contributed by atoms with E-state index in [1.54, 1.807) is 18.3 Å². The van der Waals surface area contributed by atoms with Gasteiger partial charge in [-0.1, -0.05) is 30.3 Å². The minimum absolute atomic E-state index is 0.00362. The van der Waals surface area contributed by atoms with Crippen molar-refractivity contribution < 1.29 is 4.79 Å². The van der Waals surface area contributed by atoms with Crippen LogP contribution in [0, 0.1) is 0 Å². The molecule has 7 nitrogen and oxygen atoms in total. The van der Waals surface area contributed by atoms with E-state index in [9.17, 15) is 4.79 Å². The monoisotopic (exact) mass is 336 g/mol. The van der Waals surface area contributed by atoms with Gasteiger partial charge in [0, 0.05) is 31.3 Å². The number of amides is 1. The van der Waals surface area contributed by atoms with Crippen molar-refractivity contribution in [2.24, 2.45) is 0 Å². The predicted molar refractivity (Wildman–Crippen MR) is 93.5 cm³/mol. The van der Waals surface area contributed by atoms with Gasteiger partial charge in [0.2, 0.25) is 5.91 Å². The molecule has 4 rings (SSSR count). The Kier molecular flexibility index (Phi) is 4.07. The standard InChI is InChI=1S/C18H20N6O/c1-24(18(25)17-16-14(7-8-19-17)20-11-21-16)10-13-9-15(23-22-13)12-5-3-2-4-6-12/h2-6,9,11,17,19H,7-8,10H2,1H3,(H,20,21)(H,22,23)/t17-/m1/s1. The number of nitrogens with one attached hydrogen (secondary N) is 3.